The van der Waals surface area contributed by atoms with Crippen molar-refractivity contribution in [1.82, 2.24) is 4.90 Å². The van der Waals surface area contributed by atoms with Crippen molar-refractivity contribution in [1.29, 1.82) is 5.26 Å². The Labute approximate surface area is 130 Å². The Morgan fingerprint density at radius 1 is 1.38 bits per heavy atom. The molecule has 1 aromatic carbocycles. The number of rotatable bonds is 5. The maximum atomic E-state index is 12.1. The van der Waals surface area contributed by atoms with Gasteiger partial charge in [-0.2, -0.15) is 5.26 Å². The number of benzene rings is 1. The van der Waals surface area contributed by atoms with Crippen LogP contribution in [0.3, 0.4) is 0 Å². The highest BCUT2D eigenvalue weighted by molar-refractivity contribution is 7.98. The molecule has 1 aromatic rings. The molecule has 5 heteroatoms. The fourth-order valence-electron chi connectivity index (χ4n) is 2.57. The number of amides is 1. The maximum Gasteiger partial charge on any atom is 0.224 e. The standard InChI is InChI=1S/C16H21N3OS/c1-21-15-7-5-6-14(13(15)12-17)18-9-8-16(20)19-10-3-2-4-11-19/h5-7,18H,2-4,8-11H2,1H3. The van der Waals surface area contributed by atoms with E-state index in [1.807, 2.05) is 29.4 Å². The highest BCUT2D eigenvalue weighted by Gasteiger charge is 2.16. The third-order valence-corrected chi connectivity index (χ3v) is 4.50. The third kappa shape index (κ3) is 4.15. The van der Waals surface area contributed by atoms with Crippen molar-refractivity contribution in [3.63, 3.8) is 0 Å². The Morgan fingerprint density at radius 3 is 2.81 bits per heavy atom. The highest BCUT2D eigenvalue weighted by Crippen LogP contribution is 2.26. The summed E-state index contributed by atoms with van der Waals surface area (Å²) in [5.74, 6) is 0.210. The number of carbonyl (C=O) groups excluding carboxylic acids is 1. The number of anilines is 1. The molecule has 0 aromatic heterocycles. The monoisotopic (exact) mass is 303 g/mol. The van der Waals surface area contributed by atoms with Gasteiger partial charge in [-0.15, -0.1) is 11.8 Å². The zero-order chi connectivity index (χ0) is 15.1. The van der Waals surface area contributed by atoms with Gasteiger partial charge >= 0.3 is 0 Å². The molecule has 21 heavy (non-hydrogen) atoms. The summed E-state index contributed by atoms with van der Waals surface area (Å²) in [6.07, 6.45) is 5.91. The molecule has 2 rings (SSSR count). The second kappa shape index (κ2) is 7.94. The van der Waals surface area contributed by atoms with Crippen molar-refractivity contribution in [3.05, 3.63) is 23.8 Å². The first-order chi connectivity index (χ1) is 10.3. The molecular weight excluding hydrogens is 282 g/mol. The van der Waals surface area contributed by atoms with Crippen molar-refractivity contribution >= 4 is 23.4 Å². The van der Waals surface area contributed by atoms with E-state index in [4.69, 9.17) is 0 Å². The van der Waals surface area contributed by atoms with Crippen molar-refractivity contribution in [2.45, 2.75) is 30.6 Å². The summed E-state index contributed by atoms with van der Waals surface area (Å²) in [4.78, 5) is 15.0. The number of piperidine rings is 1. The van der Waals surface area contributed by atoms with Crippen LogP contribution in [0, 0.1) is 11.3 Å². The van der Waals surface area contributed by atoms with E-state index in [0.29, 0.717) is 18.5 Å². The van der Waals surface area contributed by atoms with Gasteiger partial charge in [-0.25, -0.2) is 0 Å². The van der Waals surface area contributed by atoms with Crippen LogP contribution >= 0.6 is 11.8 Å². The van der Waals surface area contributed by atoms with Crippen LogP contribution in [0.25, 0.3) is 0 Å². The molecule has 1 fully saturated rings. The number of hydrogen-bond acceptors (Lipinski definition) is 4. The highest BCUT2D eigenvalue weighted by atomic mass is 32.2. The first-order valence-corrected chi connectivity index (χ1v) is 8.57. The molecule has 0 radical (unpaired) electrons. The topological polar surface area (TPSA) is 56.1 Å². The lowest BCUT2D eigenvalue weighted by atomic mass is 10.1. The normalized spacial score (nSPS) is 14.6. The number of nitrogens with zero attached hydrogens (tertiary/aromatic N) is 2. The van der Waals surface area contributed by atoms with Gasteiger partial charge in [0.2, 0.25) is 5.91 Å². The molecular formula is C16H21N3OS. The number of hydrogen-bond donors (Lipinski definition) is 1. The Kier molecular flexibility index (Phi) is 5.94. The summed E-state index contributed by atoms with van der Waals surface area (Å²) in [5, 5.41) is 12.5. The van der Waals surface area contributed by atoms with Gasteiger partial charge in [0.1, 0.15) is 6.07 Å². The van der Waals surface area contributed by atoms with E-state index in [9.17, 15) is 10.1 Å². The smallest absolute Gasteiger partial charge is 0.224 e. The molecule has 1 amide bonds. The van der Waals surface area contributed by atoms with Gasteiger partial charge in [0.05, 0.1) is 11.3 Å². The number of likely N-dealkylation sites (tertiary alicyclic amines) is 1. The quantitative estimate of drug-likeness (QED) is 0.849. The molecule has 0 bridgehead atoms. The predicted molar refractivity (Wildman–Crippen MR) is 86.5 cm³/mol. The van der Waals surface area contributed by atoms with Crippen molar-refractivity contribution in [2.24, 2.45) is 0 Å². The fraction of sp³-hybridized carbons (Fsp3) is 0.500. The molecule has 0 unspecified atom stereocenters. The molecule has 1 aliphatic heterocycles. The van der Waals surface area contributed by atoms with Gasteiger partial charge in [-0.3, -0.25) is 4.79 Å². The molecule has 4 nitrogen and oxygen atoms in total. The zero-order valence-electron chi connectivity index (χ0n) is 12.4. The lowest BCUT2D eigenvalue weighted by Crippen LogP contribution is -2.36. The van der Waals surface area contributed by atoms with E-state index in [1.165, 1.54) is 6.42 Å². The number of nitrogens with one attached hydrogen (secondary N) is 1. The number of thioether (sulfide) groups is 1. The average molecular weight is 303 g/mol. The molecule has 1 aliphatic rings. The molecule has 1 N–H and O–H groups in total. The first-order valence-electron chi connectivity index (χ1n) is 7.35. The minimum atomic E-state index is 0.210. The van der Waals surface area contributed by atoms with Crippen molar-refractivity contribution in [3.8, 4) is 6.07 Å². The number of carbonyl (C=O) groups is 1. The summed E-state index contributed by atoms with van der Waals surface area (Å²) < 4.78 is 0. The third-order valence-electron chi connectivity index (χ3n) is 3.72. The van der Waals surface area contributed by atoms with Gasteiger partial charge < -0.3 is 10.2 Å². The van der Waals surface area contributed by atoms with Gasteiger partial charge in [0, 0.05) is 31.0 Å². The molecule has 0 aliphatic carbocycles. The lowest BCUT2D eigenvalue weighted by molar-refractivity contribution is -0.131. The van der Waals surface area contributed by atoms with Crippen LogP contribution in [0.4, 0.5) is 5.69 Å². The molecule has 0 spiro atoms. The Balaban J connectivity index is 1.89. The minimum Gasteiger partial charge on any atom is -0.383 e. The molecule has 0 atom stereocenters. The Hall–Kier alpha value is -1.67. The van der Waals surface area contributed by atoms with E-state index in [2.05, 4.69) is 11.4 Å². The van der Waals surface area contributed by atoms with Crippen LogP contribution in [0.2, 0.25) is 0 Å². The Morgan fingerprint density at radius 2 is 2.14 bits per heavy atom. The molecule has 1 heterocycles. The van der Waals surface area contributed by atoms with Crippen LogP contribution < -0.4 is 5.32 Å². The summed E-state index contributed by atoms with van der Waals surface area (Å²) in [6.45, 7) is 2.36. The van der Waals surface area contributed by atoms with Crippen molar-refractivity contribution in [2.75, 3.05) is 31.2 Å². The first kappa shape index (κ1) is 15.7. The second-order valence-electron chi connectivity index (χ2n) is 5.11. The summed E-state index contributed by atoms with van der Waals surface area (Å²) in [5.41, 5.74) is 1.48. The van der Waals surface area contributed by atoms with Gasteiger partial charge in [-0.1, -0.05) is 6.07 Å². The molecule has 112 valence electrons. The molecule has 1 saturated heterocycles. The largest absolute Gasteiger partial charge is 0.383 e. The molecule has 0 saturated carbocycles. The van der Waals surface area contributed by atoms with Crippen LogP contribution in [0.15, 0.2) is 23.1 Å². The zero-order valence-corrected chi connectivity index (χ0v) is 13.2. The number of nitriles is 1. The minimum absolute atomic E-state index is 0.210. The SMILES string of the molecule is CSc1cccc(NCCC(=O)N2CCCCC2)c1C#N. The predicted octanol–water partition coefficient (Wildman–Crippen LogP) is 3.09. The van der Waals surface area contributed by atoms with Crippen LogP contribution in [0.1, 0.15) is 31.2 Å². The van der Waals surface area contributed by atoms with E-state index in [0.717, 1.165) is 36.5 Å². The summed E-state index contributed by atoms with van der Waals surface area (Å²) in [6, 6.07) is 8.00. The van der Waals surface area contributed by atoms with E-state index in [-0.39, 0.29) is 5.91 Å². The van der Waals surface area contributed by atoms with E-state index in [1.54, 1.807) is 11.8 Å². The van der Waals surface area contributed by atoms with E-state index < -0.39 is 0 Å². The van der Waals surface area contributed by atoms with Gasteiger partial charge in [0.15, 0.2) is 0 Å². The summed E-state index contributed by atoms with van der Waals surface area (Å²) in [7, 11) is 0. The van der Waals surface area contributed by atoms with E-state index >= 15 is 0 Å². The van der Waals surface area contributed by atoms with Crippen molar-refractivity contribution < 1.29 is 4.79 Å². The van der Waals surface area contributed by atoms with Gasteiger partial charge in [0.25, 0.3) is 0 Å². The van der Waals surface area contributed by atoms with Crippen LogP contribution in [0.5, 0.6) is 0 Å². The summed E-state index contributed by atoms with van der Waals surface area (Å²) >= 11 is 1.56. The van der Waals surface area contributed by atoms with Crippen LogP contribution in [-0.2, 0) is 4.79 Å². The Bertz CT molecular complexity index is 533. The average Bonchev–Trinajstić information content (AvgIpc) is 2.55. The van der Waals surface area contributed by atoms with Crippen LogP contribution in [-0.4, -0.2) is 36.7 Å². The maximum absolute atomic E-state index is 12.1. The fourth-order valence-corrected chi connectivity index (χ4v) is 3.14. The lowest BCUT2D eigenvalue weighted by Gasteiger charge is -2.26. The van der Waals surface area contributed by atoms with Gasteiger partial charge in [-0.05, 0) is 37.7 Å². The second-order valence-corrected chi connectivity index (χ2v) is 5.96.